The van der Waals surface area contributed by atoms with E-state index in [-0.39, 0.29) is 11.4 Å². The molecule has 0 unspecified atom stereocenters. The van der Waals surface area contributed by atoms with Crippen LogP contribution in [0.1, 0.15) is 5.56 Å². The zero-order chi connectivity index (χ0) is 14.1. The number of amides is 1. The summed E-state index contributed by atoms with van der Waals surface area (Å²) < 4.78 is 4.18. The van der Waals surface area contributed by atoms with Crippen molar-refractivity contribution in [2.24, 2.45) is 9.39 Å². The number of amidine groups is 3. The summed E-state index contributed by atoms with van der Waals surface area (Å²) in [5.41, 5.74) is 1.000. The third-order valence-electron chi connectivity index (χ3n) is 2.67. The van der Waals surface area contributed by atoms with Crippen molar-refractivity contribution in [3.8, 4) is 0 Å². The molecular formula is C12H9N5OS2. The molecule has 0 saturated carbocycles. The Bertz CT molecular complexity index is 680. The van der Waals surface area contributed by atoms with Gasteiger partial charge in [0.2, 0.25) is 5.17 Å². The number of nitrogens with zero attached hydrogens (tertiary/aromatic N) is 4. The minimum atomic E-state index is -0.421. The Hall–Kier alpha value is -1.93. The minimum absolute atomic E-state index is 0.0990. The summed E-state index contributed by atoms with van der Waals surface area (Å²) >= 11 is 2.53. The van der Waals surface area contributed by atoms with Gasteiger partial charge < -0.3 is 0 Å². The standard InChI is InChI=1S/C12H9N5OS2/c1-19-12-16-20-11-15-10(18)8(9(13)17(11)12)5-7-3-2-4-14-6-7/h2-6,13H,1H3. The number of rotatable bonds is 1. The van der Waals surface area contributed by atoms with Gasteiger partial charge in [-0.1, -0.05) is 17.8 Å². The molecule has 0 spiro atoms. The number of thioether (sulfide) groups is 1. The van der Waals surface area contributed by atoms with E-state index in [1.807, 2.05) is 12.3 Å². The molecule has 1 N–H and O–H groups in total. The second kappa shape index (κ2) is 5.22. The summed E-state index contributed by atoms with van der Waals surface area (Å²) in [6, 6.07) is 3.60. The lowest BCUT2D eigenvalue weighted by Gasteiger charge is -2.23. The van der Waals surface area contributed by atoms with Crippen molar-refractivity contribution in [3.63, 3.8) is 0 Å². The summed E-state index contributed by atoms with van der Waals surface area (Å²) in [7, 11) is 0. The second-order valence-electron chi connectivity index (χ2n) is 3.90. The fourth-order valence-corrected chi connectivity index (χ4v) is 3.21. The highest BCUT2D eigenvalue weighted by atomic mass is 32.2. The Morgan fingerprint density at radius 3 is 3.05 bits per heavy atom. The molecule has 0 aliphatic carbocycles. The third kappa shape index (κ3) is 2.16. The maximum atomic E-state index is 12.0. The molecular weight excluding hydrogens is 294 g/mol. The summed E-state index contributed by atoms with van der Waals surface area (Å²) in [6.07, 6.45) is 6.78. The summed E-state index contributed by atoms with van der Waals surface area (Å²) in [4.78, 5) is 21.6. The van der Waals surface area contributed by atoms with Crippen molar-refractivity contribution in [1.29, 1.82) is 5.41 Å². The normalized spacial score (nSPS) is 20.1. The van der Waals surface area contributed by atoms with Gasteiger partial charge in [-0.15, -0.1) is 0 Å². The fraction of sp³-hybridized carbons (Fsp3) is 0.0833. The monoisotopic (exact) mass is 303 g/mol. The molecule has 8 heteroatoms. The van der Waals surface area contributed by atoms with Gasteiger partial charge in [-0.25, -0.2) is 4.90 Å². The minimum Gasteiger partial charge on any atom is -0.283 e. The number of carbonyl (C=O) groups excluding carboxylic acids is 1. The molecule has 0 bridgehead atoms. The molecule has 2 aliphatic heterocycles. The Morgan fingerprint density at radius 2 is 2.35 bits per heavy atom. The van der Waals surface area contributed by atoms with Gasteiger partial charge in [0.25, 0.3) is 5.91 Å². The molecule has 1 amide bonds. The number of hydrogen-bond acceptors (Lipinski definition) is 6. The number of nitrogens with one attached hydrogen (secondary N) is 1. The molecule has 0 aromatic carbocycles. The van der Waals surface area contributed by atoms with Gasteiger partial charge in [-0.05, 0) is 24.0 Å². The van der Waals surface area contributed by atoms with Gasteiger partial charge in [0.15, 0.2) is 5.17 Å². The van der Waals surface area contributed by atoms with Gasteiger partial charge in [-0.3, -0.25) is 15.2 Å². The van der Waals surface area contributed by atoms with Crippen LogP contribution in [0.5, 0.6) is 0 Å². The molecule has 100 valence electrons. The Morgan fingerprint density at radius 1 is 1.50 bits per heavy atom. The number of fused-ring (bicyclic) bond motifs is 1. The van der Waals surface area contributed by atoms with Crippen LogP contribution in [-0.2, 0) is 4.79 Å². The van der Waals surface area contributed by atoms with Gasteiger partial charge in [-0.2, -0.15) is 9.39 Å². The molecule has 2 aliphatic rings. The lowest BCUT2D eigenvalue weighted by Crippen LogP contribution is -2.41. The van der Waals surface area contributed by atoms with Crippen LogP contribution >= 0.6 is 23.7 Å². The lowest BCUT2D eigenvalue weighted by atomic mass is 10.1. The third-order valence-corrected chi connectivity index (χ3v) is 4.13. The summed E-state index contributed by atoms with van der Waals surface area (Å²) in [6.45, 7) is 0. The maximum absolute atomic E-state index is 12.0. The van der Waals surface area contributed by atoms with E-state index < -0.39 is 5.91 Å². The van der Waals surface area contributed by atoms with Crippen LogP contribution in [0.15, 0.2) is 39.5 Å². The van der Waals surface area contributed by atoms with E-state index in [9.17, 15) is 4.79 Å². The predicted octanol–water partition coefficient (Wildman–Crippen LogP) is 2.02. The van der Waals surface area contributed by atoms with E-state index in [1.165, 1.54) is 11.8 Å². The Balaban J connectivity index is 2.02. The topological polar surface area (TPSA) is 81.8 Å². The highest BCUT2D eigenvalue weighted by molar-refractivity contribution is 8.18. The predicted molar refractivity (Wildman–Crippen MR) is 82.8 cm³/mol. The number of pyridine rings is 1. The first-order valence-corrected chi connectivity index (χ1v) is 7.63. The van der Waals surface area contributed by atoms with E-state index in [0.717, 1.165) is 17.5 Å². The van der Waals surface area contributed by atoms with Crippen molar-refractivity contribution in [1.82, 2.24) is 9.88 Å². The highest BCUT2D eigenvalue weighted by Crippen LogP contribution is 2.30. The van der Waals surface area contributed by atoms with E-state index in [0.29, 0.717) is 10.3 Å². The van der Waals surface area contributed by atoms with Gasteiger partial charge in [0, 0.05) is 12.4 Å². The largest absolute Gasteiger partial charge is 0.283 e. The van der Waals surface area contributed by atoms with Crippen LogP contribution in [0.4, 0.5) is 0 Å². The molecule has 0 fully saturated rings. The van der Waals surface area contributed by atoms with Crippen LogP contribution < -0.4 is 0 Å². The average Bonchev–Trinajstić information content (AvgIpc) is 2.87. The average molecular weight is 303 g/mol. The van der Waals surface area contributed by atoms with E-state index in [4.69, 9.17) is 5.41 Å². The highest BCUT2D eigenvalue weighted by Gasteiger charge is 2.36. The van der Waals surface area contributed by atoms with E-state index in [1.54, 1.807) is 29.4 Å². The lowest BCUT2D eigenvalue weighted by molar-refractivity contribution is -0.114. The van der Waals surface area contributed by atoms with Crippen LogP contribution in [-0.4, -0.2) is 38.2 Å². The van der Waals surface area contributed by atoms with Gasteiger partial charge in [0.05, 0.1) is 17.5 Å². The van der Waals surface area contributed by atoms with Crippen molar-refractivity contribution >= 4 is 51.9 Å². The fourth-order valence-electron chi connectivity index (χ4n) is 1.76. The molecule has 0 saturated heterocycles. The molecule has 1 aromatic heterocycles. The van der Waals surface area contributed by atoms with Crippen molar-refractivity contribution in [2.75, 3.05) is 6.26 Å². The maximum Gasteiger partial charge on any atom is 0.283 e. The zero-order valence-corrected chi connectivity index (χ0v) is 12.0. The van der Waals surface area contributed by atoms with Crippen LogP contribution in [0.25, 0.3) is 6.08 Å². The van der Waals surface area contributed by atoms with Crippen LogP contribution in [0.2, 0.25) is 0 Å². The number of aromatic nitrogens is 1. The molecule has 0 atom stereocenters. The first-order chi connectivity index (χ1) is 9.70. The molecule has 1 aromatic rings. The molecule has 3 rings (SSSR count). The molecule has 6 nitrogen and oxygen atoms in total. The van der Waals surface area contributed by atoms with Crippen LogP contribution in [0, 0.1) is 5.41 Å². The van der Waals surface area contributed by atoms with Crippen molar-refractivity contribution < 1.29 is 4.79 Å². The molecule has 0 radical (unpaired) electrons. The number of aliphatic imine (C=N–C) groups is 1. The first-order valence-electron chi connectivity index (χ1n) is 5.63. The second-order valence-corrected chi connectivity index (χ2v) is 5.40. The van der Waals surface area contributed by atoms with Crippen LogP contribution in [0.3, 0.4) is 0 Å². The first kappa shape index (κ1) is 13.1. The zero-order valence-electron chi connectivity index (χ0n) is 10.4. The summed E-state index contributed by atoms with van der Waals surface area (Å²) in [5, 5.41) is 9.31. The Labute approximate surface area is 123 Å². The van der Waals surface area contributed by atoms with Gasteiger partial charge >= 0.3 is 0 Å². The summed E-state index contributed by atoms with van der Waals surface area (Å²) in [5.74, 6) is -0.322. The quantitative estimate of drug-likeness (QED) is 0.634. The van der Waals surface area contributed by atoms with E-state index in [2.05, 4.69) is 14.4 Å². The Kier molecular flexibility index (Phi) is 3.41. The molecule has 3 heterocycles. The van der Waals surface area contributed by atoms with Crippen molar-refractivity contribution in [3.05, 3.63) is 35.7 Å². The number of carbonyl (C=O) groups is 1. The molecule has 20 heavy (non-hydrogen) atoms. The number of hydrogen-bond donors (Lipinski definition) is 1. The van der Waals surface area contributed by atoms with Crippen molar-refractivity contribution in [2.45, 2.75) is 0 Å². The van der Waals surface area contributed by atoms with E-state index >= 15 is 0 Å². The van der Waals surface area contributed by atoms with Gasteiger partial charge in [0.1, 0.15) is 5.84 Å². The SMILES string of the molecule is CSC1=NSC2=NC(=O)C(=Cc3cccnc3)C(=N)N12. The smallest absolute Gasteiger partial charge is 0.283 e.